The second-order valence-electron chi connectivity index (χ2n) is 7.81. The number of nitrogens with zero attached hydrogens (tertiary/aromatic N) is 1. The van der Waals surface area contributed by atoms with Crippen LogP contribution in [0.25, 0.3) is 5.70 Å². The first-order chi connectivity index (χ1) is 13.4. The molecule has 0 atom stereocenters. The summed E-state index contributed by atoms with van der Waals surface area (Å²) in [7, 11) is 0. The molecule has 1 aromatic heterocycles. The molecule has 3 rings (SSSR count). The molecule has 1 fully saturated rings. The molecule has 2 aromatic rings. The van der Waals surface area contributed by atoms with Crippen molar-refractivity contribution in [3.8, 4) is 0 Å². The van der Waals surface area contributed by atoms with Gasteiger partial charge in [-0.15, -0.1) is 0 Å². The Hall–Kier alpha value is -2.40. The Balaban J connectivity index is 1.74. The van der Waals surface area contributed by atoms with E-state index in [0.29, 0.717) is 17.7 Å². The van der Waals surface area contributed by atoms with E-state index >= 15 is 0 Å². The van der Waals surface area contributed by atoms with Crippen LogP contribution in [-0.4, -0.2) is 24.7 Å². The van der Waals surface area contributed by atoms with Gasteiger partial charge in [-0.3, -0.25) is 0 Å². The quantitative estimate of drug-likeness (QED) is 0.673. The van der Waals surface area contributed by atoms with E-state index in [2.05, 4.69) is 36.0 Å². The lowest BCUT2D eigenvalue weighted by Gasteiger charge is -2.24. The van der Waals surface area contributed by atoms with Crippen LogP contribution in [0, 0.1) is 18.7 Å². The third-order valence-corrected chi connectivity index (χ3v) is 5.29. The van der Waals surface area contributed by atoms with Crippen LogP contribution in [0.1, 0.15) is 49.3 Å². The zero-order valence-corrected chi connectivity index (χ0v) is 17.0. The normalized spacial score (nSPS) is 14.9. The topological polar surface area (TPSA) is 46.2 Å². The van der Waals surface area contributed by atoms with Gasteiger partial charge in [0.05, 0.1) is 0 Å². The van der Waals surface area contributed by atoms with Crippen molar-refractivity contribution in [2.75, 3.05) is 25.1 Å². The van der Waals surface area contributed by atoms with Crippen LogP contribution in [0.15, 0.2) is 37.0 Å². The molecule has 1 aromatic carbocycles. The lowest BCUT2D eigenvalue weighted by Crippen LogP contribution is -2.27. The van der Waals surface area contributed by atoms with Crippen molar-refractivity contribution in [2.24, 2.45) is 5.92 Å². The molecule has 0 radical (unpaired) electrons. The monoisotopic (exact) mass is 383 g/mol. The number of hydrogen-bond donors (Lipinski definition) is 2. The molecule has 150 valence electrons. The Morgan fingerprint density at radius 1 is 1.29 bits per heavy atom. The second-order valence-corrected chi connectivity index (χ2v) is 7.81. The first-order valence-electron chi connectivity index (χ1n) is 9.98. The van der Waals surface area contributed by atoms with E-state index < -0.39 is 0 Å². The summed E-state index contributed by atoms with van der Waals surface area (Å²) >= 11 is 0. The molecule has 0 unspecified atom stereocenters. The van der Waals surface area contributed by atoms with Crippen LogP contribution in [0.3, 0.4) is 0 Å². The van der Waals surface area contributed by atoms with Crippen molar-refractivity contribution < 1.29 is 9.13 Å². The summed E-state index contributed by atoms with van der Waals surface area (Å²) in [5.41, 5.74) is 4.79. The van der Waals surface area contributed by atoms with Crippen molar-refractivity contribution in [3.05, 3.63) is 59.5 Å². The van der Waals surface area contributed by atoms with Gasteiger partial charge in [0, 0.05) is 42.9 Å². The first-order valence-corrected chi connectivity index (χ1v) is 9.98. The van der Waals surface area contributed by atoms with Crippen LogP contribution < -0.4 is 10.6 Å². The number of aryl methyl sites for hydroxylation is 1. The molecule has 1 aliphatic heterocycles. The second kappa shape index (κ2) is 9.20. The average molecular weight is 384 g/mol. The molecule has 0 bridgehead atoms. The van der Waals surface area contributed by atoms with Crippen molar-refractivity contribution in [2.45, 2.75) is 39.5 Å². The maximum absolute atomic E-state index is 13.6. The summed E-state index contributed by atoms with van der Waals surface area (Å²) in [6, 6.07) is 6.75. The zero-order chi connectivity index (χ0) is 20.1. The Kier molecular flexibility index (Phi) is 6.68. The zero-order valence-electron chi connectivity index (χ0n) is 17.0. The fourth-order valence-corrected chi connectivity index (χ4v) is 3.45. The fourth-order valence-electron chi connectivity index (χ4n) is 3.45. The van der Waals surface area contributed by atoms with Gasteiger partial charge in [0.1, 0.15) is 11.6 Å². The Bertz CT molecular complexity index is 829. The number of aromatic nitrogens is 1. The minimum atomic E-state index is -0.264. The molecule has 0 amide bonds. The minimum Gasteiger partial charge on any atom is -0.385 e. The van der Waals surface area contributed by atoms with Crippen molar-refractivity contribution in [3.63, 3.8) is 0 Å². The Morgan fingerprint density at radius 2 is 2.04 bits per heavy atom. The van der Waals surface area contributed by atoms with Gasteiger partial charge in [0.25, 0.3) is 0 Å². The number of nitrogens with one attached hydrogen (secondary N) is 2. The van der Waals surface area contributed by atoms with E-state index in [-0.39, 0.29) is 5.82 Å². The molecule has 2 heterocycles. The molecular weight excluding hydrogens is 353 g/mol. The summed E-state index contributed by atoms with van der Waals surface area (Å²) in [6.45, 7) is 13.1. The van der Waals surface area contributed by atoms with Gasteiger partial charge in [-0.25, -0.2) is 9.37 Å². The lowest BCUT2D eigenvalue weighted by molar-refractivity contribution is 0.0674. The van der Waals surface area contributed by atoms with Crippen molar-refractivity contribution >= 4 is 17.2 Å². The number of halogens is 1. The maximum atomic E-state index is 13.6. The van der Waals surface area contributed by atoms with Gasteiger partial charge < -0.3 is 15.4 Å². The smallest absolute Gasteiger partial charge is 0.130 e. The van der Waals surface area contributed by atoms with Crippen LogP contribution in [-0.2, 0) is 4.74 Å². The van der Waals surface area contributed by atoms with E-state index in [1.165, 1.54) is 12.1 Å². The van der Waals surface area contributed by atoms with Gasteiger partial charge in [0.2, 0.25) is 0 Å². The highest BCUT2D eigenvalue weighted by Gasteiger charge is 2.16. The standard InChI is InChI=1S/C23H30FN3O/c1-15(2)20-12-23(27-22-11-19(24)6-5-16(22)3)26-14-21(20)17(4)25-13-18-7-9-28-10-8-18/h5-6,11-12,14-15,18,25H,4,7-10,13H2,1-3H3,(H,26,27). The van der Waals surface area contributed by atoms with E-state index in [9.17, 15) is 4.39 Å². The molecule has 2 N–H and O–H groups in total. The van der Waals surface area contributed by atoms with Crippen LogP contribution in [0.5, 0.6) is 0 Å². The maximum Gasteiger partial charge on any atom is 0.130 e. The predicted molar refractivity (Wildman–Crippen MR) is 113 cm³/mol. The highest BCUT2D eigenvalue weighted by molar-refractivity contribution is 5.68. The van der Waals surface area contributed by atoms with Gasteiger partial charge in [-0.05, 0) is 60.9 Å². The van der Waals surface area contributed by atoms with E-state index in [1.54, 1.807) is 6.07 Å². The number of ether oxygens (including phenoxy) is 1. The molecule has 4 nitrogen and oxygen atoms in total. The van der Waals surface area contributed by atoms with Gasteiger partial charge in [-0.1, -0.05) is 26.5 Å². The van der Waals surface area contributed by atoms with Crippen molar-refractivity contribution in [1.29, 1.82) is 0 Å². The molecule has 1 saturated heterocycles. The van der Waals surface area contributed by atoms with Gasteiger partial charge in [0.15, 0.2) is 0 Å². The van der Waals surface area contributed by atoms with Crippen molar-refractivity contribution in [1.82, 2.24) is 10.3 Å². The number of hydrogen-bond acceptors (Lipinski definition) is 4. The molecule has 5 heteroatoms. The Morgan fingerprint density at radius 3 is 2.75 bits per heavy atom. The van der Waals surface area contributed by atoms with Crippen LogP contribution in [0.2, 0.25) is 0 Å². The van der Waals surface area contributed by atoms with Crippen LogP contribution in [0.4, 0.5) is 15.9 Å². The summed E-state index contributed by atoms with van der Waals surface area (Å²) in [5, 5.41) is 6.73. The third kappa shape index (κ3) is 5.10. The Labute approximate surface area is 167 Å². The molecular formula is C23H30FN3O. The third-order valence-electron chi connectivity index (χ3n) is 5.29. The summed E-state index contributed by atoms with van der Waals surface area (Å²) in [4.78, 5) is 4.55. The molecule has 0 saturated carbocycles. The van der Waals surface area contributed by atoms with E-state index in [0.717, 1.165) is 60.7 Å². The SMILES string of the molecule is C=C(NCC1CCOCC1)c1cnc(Nc2cc(F)ccc2C)cc1C(C)C. The highest BCUT2D eigenvalue weighted by atomic mass is 19.1. The van der Waals surface area contributed by atoms with E-state index in [4.69, 9.17) is 4.74 Å². The molecule has 1 aliphatic rings. The first kappa shape index (κ1) is 20.3. The molecule has 0 aliphatic carbocycles. The number of rotatable bonds is 7. The van der Waals surface area contributed by atoms with Crippen LogP contribution >= 0.6 is 0 Å². The minimum absolute atomic E-state index is 0.264. The number of pyridine rings is 1. The fraction of sp³-hybridized carbons (Fsp3) is 0.435. The summed E-state index contributed by atoms with van der Waals surface area (Å²) < 4.78 is 19.0. The average Bonchev–Trinajstić information content (AvgIpc) is 2.69. The molecule has 28 heavy (non-hydrogen) atoms. The molecule has 0 spiro atoms. The number of anilines is 2. The number of benzene rings is 1. The van der Waals surface area contributed by atoms with Gasteiger partial charge >= 0.3 is 0 Å². The van der Waals surface area contributed by atoms with E-state index in [1.807, 2.05) is 19.2 Å². The van der Waals surface area contributed by atoms with Gasteiger partial charge in [-0.2, -0.15) is 0 Å². The largest absolute Gasteiger partial charge is 0.385 e. The lowest BCUT2D eigenvalue weighted by atomic mass is 9.96. The summed E-state index contributed by atoms with van der Waals surface area (Å²) in [6.07, 6.45) is 4.03. The summed E-state index contributed by atoms with van der Waals surface area (Å²) in [5.74, 6) is 1.38. The predicted octanol–water partition coefficient (Wildman–Crippen LogP) is 5.38. The highest BCUT2D eigenvalue weighted by Crippen LogP contribution is 2.28.